The van der Waals surface area contributed by atoms with Crippen LogP contribution in [0.1, 0.15) is 5.56 Å². The molecule has 1 N–H and O–H groups in total. The Morgan fingerprint density at radius 1 is 0.963 bits per heavy atom. The molecule has 1 aliphatic heterocycles. The predicted octanol–water partition coefficient (Wildman–Crippen LogP) is 2.26. The van der Waals surface area contributed by atoms with Crippen LogP contribution in [0.5, 0.6) is 11.5 Å². The topological polar surface area (TPSA) is 71.1 Å². The third-order valence-corrected chi connectivity index (χ3v) is 4.46. The van der Waals surface area contributed by atoms with Crippen molar-refractivity contribution in [2.24, 2.45) is 0 Å². The number of hydrogen-bond acceptors (Lipinski definition) is 4. The molecule has 0 bridgehead atoms. The molecule has 27 heavy (non-hydrogen) atoms. The van der Waals surface area contributed by atoms with E-state index >= 15 is 0 Å². The first-order valence-electron chi connectivity index (χ1n) is 8.71. The summed E-state index contributed by atoms with van der Waals surface area (Å²) in [6.45, 7) is 1.52. The Morgan fingerprint density at radius 3 is 2.15 bits per heavy atom. The van der Waals surface area contributed by atoms with Crippen LogP contribution in [0.2, 0.25) is 0 Å². The highest BCUT2D eigenvalue weighted by molar-refractivity contribution is 5.96. The van der Waals surface area contributed by atoms with E-state index in [-0.39, 0.29) is 18.5 Å². The number of nitrogens with zero attached hydrogens (tertiary/aromatic N) is 2. The summed E-state index contributed by atoms with van der Waals surface area (Å²) in [5.74, 6) is 1.32. The van der Waals surface area contributed by atoms with Crippen molar-refractivity contribution in [1.29, 1.82) is 0 Å². The molecule has 7 heteroatoms. The van der Waals surface area contributed by atoms with Crippen LogP contribution in [0.4, 0.5) is 10.5 Å². The Labute approximate surface area is 158 Å². The highest BCUT2D eigenvalue weighted by Gasteiger charge is 2.30. The Hall–Kier alpha value is -3.22. The van der Waals surface area contributed by atoms with Crippen molar-refractivity contribution >= 4 is 17.6 Å². The second kappa shape index (κ2) is 8.44. The van der Waals surface area contributed by atoms with Crippen LogP contribution in [0.15, 0.2) is 48.5 Å². The number of hydrogen-bond donors (Lipinski definition) is 1. The van der Waals surface area contributed by atoms with Crippen LogP contribution in [-0.2, 0) is 11.3 Å². The van der Waals surface area contributed by atoms with E-state index in [0.717, 1.165) is 22.7 Å². The normalized spacial score (nSPS) is 13.6. The van der Waals surface area contributed by atoms with Gasteiger partial charge in [-0.15, -0.1) is 0 Å². The molecule has 0 radical (unpaired) electrons. The average Bonchev–Trinajstić information content (AvgIpc) is 3.07. The van der Waals surface area contributed by atoms with Gasteiger partial charge in [-0.05, 0) is 42.0 Å². The summed E-state index contributed by atoms with van der Waals surface area (Å²) in [6, 6.07) is 14.6. The first-order chi connectivity index (χ1) is 13.1. The Bertz CT molecular complexity index is 790. The van der Waals surface area contributed by atoms with Crippen LogP contribution >= 0.6 is 0 Å². The number of carbonyl (C=O) groups is 2. The van der Waals surface area contributed by atoms with Gasteiger partial charge in [-0.3, -0.25) is 9.69 Å². The third-order valence-electron chi connectivity index (χ3n) is 4.46. The van der Waals surface area contributed by atoms with Crippen molar-refractivity contribution in [2.45, 2.75) is 6.54 Å². The molecule has 0 atom stereocenters. The highest BCUT2D eigenvalue weighted by atomic mass is 16.5. The molecule has 7 nitrogen and oxygen atoms in total. The SMILES string of the molecule is COc1ccc(CNC(=O)CN2CCN(c3ccc(OC)cc3)C2=O)cc1. The predicted molar refractivity (Wildman–Crippen MR) is 102 cm³/mol. The molecule has 142 valence electrons. The van der Waals surface area contributed by atoms with Gasteiger partial charge in [-0.2, -0.15) is 0 Å². The number of anilines is 1. The largest absolute Gasteiger partial charge is 0.497 e. The van der Waals surface area contributed by atoms with Gasteiger partial charge in [-0.1, -0.05) is 12.1 Å². The summed E-state index contributed by atoms with van der Waals surface area (Å²) in [6.07, 6.45) is 0. The molecule has 2 aromatic carbocycles. The fraction of sp³-hybridized carbons (Fsp3) is 0.300. The lowest BCUT2D eigenvalue weighted by atomic mass is 10.2. The zero-order chi connectivity index (χ0) is 19.2. The fourth-order valence-electron chi connectivity index (χ4n) is 2.90. The average molecular weight is 369 g/mol. The van der Waals surface area contributed by atoms with Crippen LogP contribution in [0, 0.1) is 0 Å². The van der Waals surface area contributed by atoms with Gasteiger partial charge < -0.3 is 19.7 Å². The Kier molecular flexibility index (Phi) is 5.80. The number of carbonyl (C=O) groups excluding carboxylic acids is 2. The van der Waals surface area contributed by atoms with Crippen LogP contribution < -0.4 is 19.7 Å². The van der Waals surface area contributed by atoms with E-state index in [1.165, 1.54) is 0 Å². The molecule has 0 aromatic heterocycles. The van der Waals surface area contributed by atoms with E-state index in [2.05, 4.69) is 5.32 Å². The van der Waals surface area contributed by atoms with Gasteiger partial charge in [0, 0.05) is 25.3 Å². The van der Waals surface area contributed by atoms with Crippen molar-refractivity contribution < 1.29 is 19.1 Å². The number of ether oxygens (including phenoxy) is 2. The molecular formula is C20H23N3O4. The van der Waals surface area contributed by atoms with Gasteiger partial charge in [0.1, 0.15) is 18.0 Å². The Morgan fingerprint density at radius 2 is 1.56 bits per heavy atom. The number of methoxy groups -OCH3 is 2. The summed E-state index contributed by atoms with van der Waals surface area (Å²) >= 11 is 0. The Balaban J connectivity index is 1.51. The molecule has 3 amide bonds. The lowest BCUT2D eigenvalue weighted by Crippen LogP contribution is -2.39. The molecule has 3 rings (SSSR count). The lowest BCUT2D eigenvalue weighted by molar-refractivity contribution is -0.121. The number of urea groups is 1. The van der Waals surface area contributed by atoms with Gasteiger partial charge >= 0.3 is 6.03 Å². The maximum absolute atomic E-state index is 12.6. The van der Waals surface area contributed by atoms with Gasteiger partial charge in [0.15, 0.2) is 0 Å². The third kappa shape index (κ3) is 4.49. The summed E-state index contributed by atoms with van der Waals surface area (Å²) in [5.41, 5.74) is 1.76. The number of rotatable bonds is 7. The van der Waals surface area contributed by atoms with E-state index in [1.54, 1.807) is 24.0 Å². The van der Waals surface area contributed by atoms with Crippen LogP contribution in [0.3, 0.4) is 0 Å². The van der Waals surface area contributed by atoms with Gasteiger partial charge in [0.2, 0.25) is 5.91 Å². The van der Waals surface area contributed by atoms with E-state index in [0.29, 0.717) is 19.6 Å². The summed E-state index contributed by atoms with van der Waals surface area (Å²) in [7, 11) is 3.21. The molecule has 1 heterocycles. The smallest absolute Gasteiger partial charge is 0.325 e. The first-order valence-corrected chi connectivity index (χ1v) is 8.71. The van der Waals surface area contributed by atoms with Crippen molar-refractivity contribution in [2.75, 3.05) is 38.8 Å². The minimum Gasteiger partial charge on any atom is -0.497 e. The number of benzene rings is 2. The van der Waals surface area contributed by atoms with E-state index < -0.39 is 0 Å². The number of nitrogens with one attached hydrogen (secondary N) is 1. The monoisotopic (exact) mass is 369 g/mol. The lowest BCUT2D eigenvalue weighted by Gasteiger charge is -2.18. The molecular weight excluding hydrogens is 346 g/mol. The quantitative estimate of drug-likeness (QED) is 0.813. The zero-order valence-corrected chi connectivity index (χ0v) is 15.5. The van der Waals surface area contributed by atoms with Gasteiger partial charge in [0.25, 0.3) is 0 Å². The van der Waals surface area contributed by atoms with E-state index in [9.17, 15) is 9.59 Å². The maximum Gasteiger partial charge on any atom is 0.325 e. The second-order valence-corrected chi connectivity index (χ2v) is 6.18. The van der Waals surface area contributed by atoms with Gasteiger partial charge in [-0.25, -0.2) is 4.79 Å². The minimum absolute atomic E-state index is 0.0433. The maximum atomic E-state index is 12.6. The fourth-order valence-corrected chi connectivity index (χ4v) is 2.90. The zero-order valence-electron chi connectivity index (χ0n) is 15.5. The van der Waals surface area contributed by atoms with Crippen molar-refractivity contribution in [3.8, 4) is 11.5 Å². The summed E-state index contributed by atoms with van der Waals surface area (Å²) in [4.78, 5) is 28.0. The molecule has 0 saturated carbocycles. The molecule has 0 aliphatic carbocycles. The van der Waals surface area contributed by atoms with Crippen molar-refractivity contribution in [3.05, 3.63) is 54.1 Å². The molecule has 1 saturated heterocycles. The van der Waals surface area contributed by atoms with Crippen molar-refractivity contribution in [3.63, 3.8) is 0 Å². The first kappa shape index (κ1) is 18.6. The highest BCUT2D eigenvalue weighted by Crippen LogP contribution is 2.23. The van der Waals surface area contributed by atoms with Crippen molar-refractivity contribution in [1.82, 2.24) is 10.2 Å². The molecule has 1 fully saturated rings. The van der Waals surface area contributed by atoms with Crippen LogP contribution in [0.25, 0.3) is 0 Å². The van der Waals surface area contributed by atoms with E-state index in [4.69, 9.17) is 9.47 Å². The van der Waals surface area contributed by atoms with E-state index in [1.807, 2.05) is 48.5 Å². The standard InChI is InChI=1S/C20H23N3O4/c1-26-17-7-3-15(4-8-17)13-21-19(24)14-22-11-12-23(20(22)25)16-5-9-18(27-2)10-6-16/h3-10H,11-14H2,1-2H3,(H,21,24). The summed E-state index contributed by atoms with van der Waals surface area (Å²) in [5, 5.41) is 2.84. The van der Waals surface area contributed by atoms with Crippen LogP contribution in [-0.4, -0.2) is 50.7 Å². The number of amides is 3. The second-order valence-electron chi connectivity index (χ2n) is 6.18. The minimum atomic E-state index is -0.184. The van der Waals surface area contributed by atoms with Gasteiger partial charge in [0.05, 0.1) is 14.2 Å². The molecule has 1 aliphatic rings. The molecule has 0 unspecified atom stereocenters. The molecule has 0 spiro atoms. The molecule has 2 aromatic rings. The summed E-state index contributed by atoms with van der Waals surface area (Å²) < 4.78 is 10.2.